The molecule has 0 aliphatic carbocycles. The molecule has 1 atom stereocenters. The zero-order valence-electron chi connectivity index (χ0n) is 12.2. The molecule has 1 aromatic rings. The maximum Gasteiger partial charge on any atom is 0.411 e. The quantitative estimate of drug-likeness (QED) is 0.802. The van der Waals surface area contributed by atoms with E-state index in [4.69, 9.17) is 0 Å². The van der Waals surface area contributed by atoms with E-state index in [1.165, 1.54) is 17.8 Å². The first kappa shape index (κ1) is 17.6. The number of thioether (sulfide) groups is 1. The Kier molecular flexibility index (Phi) is 5.53. The Hall–Kier alpha value is -1.74. The second kappa shape index (κ2) is 7.22. The molecule has 1 aliphatic heterocycles. The maximum absolute atomic E-state index is 11.9. The molecule has 0 aromatic heterocycles. The highest BCUT2D eigenvalue weighted by molar-refractivity contribution is 8.00. The molecule has 23 heavy (non-hydrogen) atoms. The van der Waals surface area contributed by atoms with Crippen molar-refractivity contribution in [3.63, 3.8) is 0 Å². The first-order chi connectivity index (χ1) is 10.8. The van der Waals surface area contributed by atoms with Crippen LogP contribution in [0.1, 0.15) is 17.3 Å². The van der Waals surface area contributed by atoms with Gasteiger partial charge in [-0.2, -0.15) is 13.2 Å². The zero-order valence-corrected chi connectivity index (χ0v) is 13.0. The molecule has 0 spiro atoms. The number of ether oxygens (including phenoxy) is 1. The number of hydrogen-bond acceptors (Lipinski definition) is 4. The van der Waals surface area contributed by atoms with Gasteiger partial charge in [0, 0.05) is 17.0 Å². The number of amides is 2. The monoisotopic (exact) mass is 348 g/mol. The average Bonchev–Trinajstić information content (AvgIpc) is 2.46. The SMILES string of the molecule is CC1Sc2ccc(C(=O)NCCOCC(F)(F)F)cc2NC1=O. The molecule has 2 rings (SSSR count). The van der Waals surface area contributed by atoms with Crippen molar-refractivity contribution in [2.24, 2.45) is 0 Å². The van der Waals surface area contributed by atoms with Gasteiger partial charge in [-0.1, -0.05) is 0 Å². The molecule has 1 unspecified atom stereocenters. The van der Waals surface area contributed by atoms with Gasteiger partial charge < -0.3 is 15.4 Å². The zero-order chi connectivity index (χ0) is 17.0. The fourth-order valence-corrected chi connectivity index (χ4v) is 2.81. The number of anilines is 1. The van der Waals surface area contributed by atoms with Gasteiger partial charge in [-0.15, -0.1) is 11.8 Å². The summed E-state index contributed by atoms with van der Waals surface area (Å²) in [6.07, 6.45) is -4.38. The van der Waals surface area contributed by atoms with E-state index in [-0.39, 0.29) is 24.3 Å². The Labute approximate surface area is 135 Å². The molecule has 126 valence electrons. The standard InChI is InChI=1S/C14H15F3N2O3S/c1-8-12(20)19-10-6-9(2-3-11(10)23-8)13(21)18-4-5-22-7-14(15,16)17/h2-3,6,8H,4-5,7H2,1H3,(H,18,21)(H,19,20). The van der Waals surface area contributed by atoms with Crippen molar-refractivity contribution in [1.82, 2.24) is 5.32 Å². The van der Waals surface area contributed by atoms with Crippen molar-refractivity contribution in [2.45, 2.75) is 23.2 Å². The largest absolute Gasteiger partial charge is 0.411 e. The van der Waals surface area contributed by atoms with Crippen molar-refractivity contribution in [3.05, 3.63) is 23.8 Å². The van der Waals surface area contributed by atoms with Crippen LogP contribution in [0.3, 0.4) is 0 Å². The van der Waals surface area contributed by atoms with Crippen LogP contribution in [0.5, 0.6) is 0 Å². The number of fused-ring (bicyclic) bond motifs is 1. The summed E-state index contributed by atoms with van der Waals surface area (Å²) in [5.74, 6) is -0.582. The molecule has 1 heterocycles. The van der Waals surface area contributed by atoms with Crippen LogP contribution in [0.2, 0.25) is 0 Å². The lowest BCUT2D eigenvalue weighted by atomic mass is 10.1. The molecule has 0 bridgehead atoms. The van der Waals surface area contributed by atoms with Crippen LogP contribution in [0.15, 0.2) is 23.1 Å². The Balaban J connectivity index is 1.86. The first-order valence-corrected chi connectivity index (χ1v) is 7.68. The summed E-state index contributed by atoms with van der Waals surface area (Å²) in [4.78, 5) is 24.4. The number of carbonyl (C=O) groups excluding carboxylic acids is 2. The number of benzene rings is 1. The lowest BCUT2D eigenvalue weighted by Crippen LogP contribution is -2.30. The second-order valence-corrected chi connectivity index (χ2v) is 6.27. The summed E-state index contributed by atoms with van der Waals surface area (Å²) in [7, 11) is 0. The van der Waals surface area contributed by atoms with Crippen molar-refractivity contribution in [2.75, 3.05) is 25.1 Å². The molecule has 0 fully saturated rings. The number of hydrogen-bond donors (Lipinski definition) is 2. The molecular weight excluding hydrogens is 333 g/mol. The van der Waals surface area contributed by atoms with Crippen LogP contribution in [0, 0.1) is 0 Å². The van der Waals surface area contributed by atoms with Crippen molar-refractivity contribution >= 4 is 29.3 Å². The molecule has 0 saturated heterocycles. The number of nitrogens with one attached hydrogen (secondary N) is 2. The molecule has 1 aromatic carbocycles. The third-order valence-electron chi connectivity index (χ3n) is 2.97. The van der Waals surface area contributed by atoms with Gasteiger partial charge in [-0.25, -0.2) is 0 Å². The predicted molar refractivity (Wildman–Crippen MR) is 79.6 cm³/mol. The predicted octanol–water partition coefficient (Wildman–Crippen LogP) is 2.43. The van der Waals surface area contributed by atoms with Gasteiger partial charge in [0.1, 0.15) is 6.61 Å². The van der Waals surface area contributed by atoms with Gasteiger partial charge in [0.05, 0.1) is 17.5 Å². The van der Waals surface area contributed by atoms with E-state index >= 15 is 0 Å². The Bertz CT molecular complexity index is 607. The fraction of sp³-hybridized carbons (Fsp3) is 0.429. The van der Waals surface area contributed by atoms with Gasteiger partial charge in [-0.05, 0) is 25.1 Å². The minimum absolute atomic E-state index is 0.0376. The molecule has 1 aliphatic rings. The molecule has 0 radical (unpaired) electrons. The van der Waals surface area contributed by atoms with Crippen molar-refractivity contribution in [1.29, 1.82) is 0 Å². The summed E-state index contributed by atoms with van der Waals surface area (Å²) < 4.78 is 40.0. The van der Waals surface area contributed by atoms with Crippen LogP contribution in [-0.4, -0.2) is 43.0 Å². The van der Waals surface area contributed by atoms with E-state index in [1.54, 1.807) is 19.1 Å². The Morgan fingerprint density at radius 3 is 2.87 bits per heavy atom. The van der Waals surface area contributed by atoms with Gasteiger partial charge in [-0.3, -0.25) is 9.59 Å². The number of rotatable bonds is 5. The van der Waals surface area contributed by atoms with E-state index in [0.29, 0.717) is 11.3 Å². The Morgan fingerprint density at radius 2 is 2.17 bits per heavy atom. The second-order valence-electron chi connectivity index (χ2n) is 4.88. The van der Waals surface area contributed by atoms with Crippen LogP contribution < -0.4 is 10.6 Å². The molecule has 5 nitrogen and oxygen atoms in total. The summed E-state index contributed by atoms with van der Waals surface area (Å²) in [5.41, 5.74) is 0.870. The summed E-state index contributed by atoms with van der Waals surface area (Å²) >= 11 is 1.40. The molecule has 2 N–H and O–H groups in total. The minimum atomic E-state index is -4.38. The first-order valence-electron chi connectivity index (χ1n) is 6.80. The third kappa shape index (κ3) is 5.14. The van der Waals surface area contributed by atoms with Crippen LogP contribution >= 0.6 is 11.8 Å². The highest BCUT2D eigenvalue weighted by Crippen LogP contribution is 2.35. The van der Waals surface area contributed by atoms with Crippen LogP contribution in [0.4, 0.5) is 18.9 Å². The lowest BCUT2D eigenvalue weighted by Gasteiger charge is -2.21. The third-order valence-corrected chi connectivity index (χ3v) is 4.15. The van der Waals surface area contributed by atoms with Gasteiger partial charge in [0.15, 0.2) is 0 Å². The van der Waals surface area contributed by atoms with Gasteiger partial charge in [0.25, 0.3) is 5.91 Å². The lowest BCUT2D eigenvalue weighted by molar-refractivity contribution is -0.173. The highest BCUT2D eigenvalue weighted by atomic mass is 32.2. The summed E-state index contributed by atoms with van der Waals surface area (Å²) in [6.45, 7) is 0.165. The molecule has 2 amide bonds. The topological polar surface area (TPSA) is 67.4 Å². The summed E-state index contributed by atoms with van der Waals surface area (Å²) in [5, 5.41) is 4.97. The van der Waals surface area contributed by atoms with E-state index in [0.717, 1.165) is 4.90 Å². The van der Waals surface area contributed by atoms with Gasteiger partial charge >= 0.3 is 6.18 Å². The summed E-state index contributed by atoms with van der Waals surface area (Å²) in [6, 6.07) is 4.87. The number of alkyl halides is 3. The molecule has 0 saturated carbocycles. The number of halogens is 3. The maximum atomic E-state index is 11.9. The van der Waals surface area contributed by atoms with Crippen molar-refractivity contribution < 1.29 is 27.5 Å². The Morgan fingerprint density at radius 1 is 1.43 bits per heavy atom. The van der Waals surface area contributed by atoms with Crippen LogP contribution in [-0.2, 0) is 9.53 Å². The highest BCUT2D eigenvalue weighted by Gasteiger charge is 2.27. The van der Waals surface area contributed by atoms with E-state index < -0.39 is 18.7 Å². The fourth-order valence-electron chi connectivity index (χ4n) is 1.88. The molecule has 9 heteroatoms. The van der Waals surface area contributed by atoms with Gasteiger partial charge in [0.2, 0.25) is 5.91 Å². The van der Waals surface area contributed by atoms with E-state index in [9.17, 15) is 22.8 Å². The van der Waals surface area contributed by atoms with E-state index in [1.807, 2.05) is 0 Å². The average molecular weight is 348 g/mol. The minimum Gasteiger partial charge on any atom is -0.370 e. The number of carbonyl (C=O) groups is 2. The van der Waals surface area contributed by atoms with E-state index in [2.05, 4.69) is 15.4 Å². The molecular formula is C14H15F3N2O3S. The smallest absolute Gasteiger partial charge is 0.370 e. The van der Waals surface area contributed by atoms with Crippen LogP contribution in [0.25, 0.3) is 0 Å². The normalized spacial score (nSPS) is 17.4. The van der Waals surface area contributed by atoms with Crippen molar-refractivity contribution in [3.8, 4) is 0 Å².